The van der Waals surface area contributed by atoms with Crippen molar-refractivity contribution in [3.05, 3.63) is 36.0 Å². The first-order valence-electron chi connectivity index (χ1n) is 5.81. The SMILES string of the molecule is C=CC1=C(/C=C\C)CCC12CC2.CC. The largest absolute Gasteiger partial charge is 0.0988 e. The van der Waals surface area contributed by atoms with Crippen molar-refractivity contribution < 1.29 is 0 Å². The van der Waals surface area contributed by atoms with Gasteiger partial charge in [-0.3, -0.25) is 0 Å². The molecule has 0 nitrogen and oxygen atoms in total. The lowest BCUT2D eigenvalue weighted by molar-refractivity contribution is 0.610. The zero-order valence-electron chi connectivity index (χ0n) is 9.77. The highest BCUT2D eigenvalue weighted by Crippen LogP contribution is 2.61. The normalized spacial score (nSPS) is 22.5. The molecule has 0 radical (unpaired) electrons. The molecule has 0 amide bonds. The Morgan fingerprint density at radius 2 is 1.86 bits per heavy atom. The van der Waals surface area contributed by atoms with Gasteiger partial charge in [-0.2, -0.15) is 0 Å². The van der Waals surface area contributed by atoms with Crippen LogP contribution in [0.5, 0.6) is 0 Å². The van der Waals surface area contributed by atoms with Crippen LogP contribution in [0.25, 0.3) is 0 Å². The van der Waals surface area contributed by atoms with E-state index in [0.29, 0.717) is 5.41 Å². The second-order valence-corrected chi connectivity index (χ2v) is 3.92. The Bertz CT molecular complexity index is 262. The van der Waals surface area contributed by atoms with E-state index >= 15 is 0 Å². The van der Waals surface area contributed by atoms with E-state index in [1.807, 2.05) is 13.8 Å². The maximum atomic E-state index is 3.92. The molecular formula is C14H22. The molecule has 0 heteroatoms. The molecule has 1 spiro atoms. The van der Waals surface area contributed by atoms with Crippen molar-refractivity contribution in [1.29, 1.82) is 0 Å². The molecule has 0 saturated heterocycles. The van der Waals surface area contributed by atoms with Crippen molar-refractivity contribution in [3.8, 4) is 0 Å². The lowest BCUT2D eigenvalue weighted by atomic mass is 9.98. The summed E-state index contributed by atoms with van der Waals surface area (Å²) in [4.78, 5) is 0. The lowest BCUT2D eigenvalue weighted by Crippen LogP contribution is -1.95. The van der Waals surface area contributed by atoms with E-state index < -0.39 is 0 Å². The summed E-state index contributed by atoms with van der Waals surface area (Å²) >= 11 is 0. The first kappa shape index (κ1) is 11.3. The Morgan fingerprint density at radius 3 is 2.29 bits per heavy atom. The first-order chi connectivity index (χ1) is 6.82. The predicted octanol–water partition coefficient (Wildman–Crippen LogP) is 4.65. The molecule has 78 valence electrons. The van der Waals surface area contributed by atoms with E-state index in [1.165, 1.54) is 31.3 Å². The van der Waals surface area contributed by atoms with Gasteiger partial charge >= 0.3 is 0 Å². The Balaban J connectivity index is 0.000000461. The molecule has 2 aliphatic carbocycles. The smallest absolute Gasteiger partial charge is 0.00407 e. The van der Waals surface area contributed by atoms with Crippen LogP contribution in [0.4, 0.5) is 0 Å². The van der Waals surface area contributed by atoms with Gasteiger partial charge in [0.1, 0.15) is 0 Å². The van der Waals surface area contributed by atoms with E-state index in [1.54, 1.807) is 5.57 Å². The van der Waals surface area contributed by atoms with Crippen molar-refractivity contribution in [2.24, 2.45) is 5.41 Å². The van der Waals surface area contributed by atoms with E-state index in [2.05, 4.69) is 31.7 Å². The molecule has 14 heavy (non-hydrogen) atoms. The topological polar surface area (TPSA) is 0 Å². The summed E-state index contributed by atoms with van der Waals surface area (Å²) in [5.74, 6) is 0. The van der Waals surface area contributed by atoms with Gasteiger partial charge in [-0.15, -0.1) is 0 Å². The summed E-state index contributed by atoms with van der Waals surface area (Å²) in [6.07, 6.45) is 11.9. The van der Waals surface area contributed by atoms with Gasteiger partial charge in [0.2, 0.25) is 0 Å². The molecule has 0 aromatic carbocycles. The van der Waals surface area contributed by atoms with E-state index in [0.717, 1.165) is 0 Å². The third-order valence-electron chi connectivity index (χ3n) is 3.22. The maximum absolute atomic E-state index is 3.92. The standard InChI is InChI=1S/C12H16.C2H6/c1-3-5-10-6-7-12(8-9-12)11(10)4-2;1-2/h3-5H,2,6-9H2,1H3;1-2H3/b5-3-;. The fraction of sp³-hybridized carbons (Fsp3) is 0.571. The number of allylic oxidation sites excluding steroid dienone is 5. The highest BCUT2D eigenvalue weighted by Gasteiger charge is 2.48. The highest BCUT2D eigenvalue weighted by molar-refractivity contribution is 5.44. The molecule has 0 heterocycles. The van der Waals surface area contributed by atoms with Gasteiger partial charge < -0.3 is 0 Å². The van der Waals surface area contributed by atoms with Gasteiger partial charge in [0.05, 0.1) is 0 Å². The van der Waals surface area contributed by atoms with E-state index in [9.17, 15) is 0 Å². The van der Waals surface area contributed by atoms with Gasteiger partial charge in [0.15, 0.2) is 0 Å². The molecule has 0 unspecified atom stereocenters. The van der Waals surface area contributed by atoms with Crippen molar-refractivity contribution in [2.75, 3.05) is 0 Å². The molecule has 0 N–H and O–H groups in total. The van der Waals surface area contributed by atoms with Gasteiger partial charge in [0, 0.05) is 0 Å². The zero-order chi connectivity index (χ0) is 10.6. The zero-order valence-corrected chi connectivity index (χ0v) is 9.77. The lowest BCUT2D eigenvalue weighted by Gasteiger charge is -2.07. The third-order valence-corrected chi connectivity index (χ3v) is 3.22. The predicted molar refractivity (Wildman–Crippen MR) is 64.3 cm³/mol. The van der Waals surface area contributed by atoms with Crippen molar-refractivity contribution in [1.82, 2.24) is 0 Å². The monoisotopic (exact) mass is 190 g/mol. The number of rotatable bonds is 2. The molecule has 0 aromatic rings. The Morgan fingerprint density at radius 1 is 1.21 bits per heavy atom. The van der Waals surface area contributed by atoms with Gasteiger partial charge in [-0.25, -0.2) is 0 Å². The fourth-order valence-corrected chi connectivity index (χ4v) is 2.38. The molecule has 0 bridgehead atoms. The minimum absolute atomic E-state index is 0.594. The molecular weight excluding hydrogens is 168 g/mol. The minimum atomic E-state index is 0.594. The Hall–Kier alpha value is -0.780. The summed E-state index contributed by atoms with van der Waals surface area (Å²) < 4.78 is 0. The summed E-state index contributed by atoms with van der Waals surface area (Å²) in [6.45, 7) is 10.0. The molecule has 2 aliphatic rings. The molecule has 1 fully saturated rings. The average Bonchev–Trinajstić information content (AvgIpc) is 2.90. The first-order valence-corrected chi connectivity index (χ1v) is 5.81. The summed E-state index contributed by atoms with van der Waals surface area (Å²) in [7, 11) is 0. The molecule has 1 saturated carbocycles. The quantitative estimate of drug-likeness (QED) is 0.595. The van der Waals surface area contributed by atoms with Gasteiger partial charge in [-0.1, -0.05) is 38.7 Å². The fourth-order valence-electron chi connectivity index (χ4n) is 2.38. The maximum Gasteiger partial charge on any atom is -0.00407 e. The van der Waals surface area contributed by atoms with Crippen LogP contribution < -0.4 is 0 Å². The van der Waals surface area contributed by atoms with Crippen LogP contribution in [0.3, 0.4) is 0 Å². The van der Waals surface area contributed by atoms with Crippen LogP contribution in [-0.4, -0.2) is 0 Å². The van der Waals surface area contributed by atoms with Crippen LogP contribution in [0.15, 0.2) is 36.0 Å². The summed E-state index contributed by atoms with van der Waals surface area (Å²) in [5.41, 5.74) is 3.67. The average molecular weight is 190 g/mol. The molecule has 0 atom stereocenters. The number of hydrogen-bond donors (Lipinski definition) is 0. The Kier molecular flexibility index (Phi) is 3.74. The van der Waals surface area contributed by atoms with E-state index in [4.69, 9.17) is 0 Å². The van der Waals surface area contributed by atoms with Crippen LogP contribution in [0.2, 0.25) is 0 Å². The molecule has 2 rings (SSSR count). The third kappa shape index (κ3) is 1.84. The van der Waals surface area contributed by atoms with E-state index in [-0.39, 0.29) is 0 Å². The summed E-state index contributed by atoms with van der Waals surface area (Å²) in [6, 6.07) is 0. The molecule has 0 aromatic heterocycles. The van der Waals surface area contributed by atoms with Crippen LogP contribution in [0, 0.1) is 5.41 Å². The van der Waals surface area contributed by atoms with Crippen molar-refractivity contribution >= 4 is 0 Å². The van der Waals surface area contributed by atoms with Gasteiger partial charge in [-0.05, 0) is 49.2 Å². The van der Waals surface area contributed by atoms with Crippen LogP contribution >= 0.6 is 0 Å². The van der Waals surface area contributed by atoms with Crippen molar-refractivity contribution in [3.63, 3.8) is 0 Å². The van der Waals surface area contributed by atoms with Crippen LogP contribution in [0.1, 0.15) is 46.5 Å². The summed E-state index contributed by atoms with van der Waals surface area (Å²) in [5, 5.41) is 0. The van der Waals surface area contributed by atoms with Crippen LogP contribution in [-0.2, 0) is 0 Å². The van der Waals surface area contributed by atoms with Crippen molar-refractivity contribution in [2.45, 2.75) is 46.5 Å². The Labute approximate surface area is 88.4 Å². The van der Waals surface area contributed by atoms with Gasteiger partial charge in [0.25, 0.3) is 0 Å². The molecule has 0 aliphatic heterocycles. The number of hydrogen-bond acceptors (Lipinski definition) is 0. The minimum Gasteiger partial charge on any atom is -0.0988 e. The second kappa shape index (κ2) is 4.63. The highest BCUT2D eigenvalue weighted by atomic mass is 14.5. The second-order valence-electron chi connectivity index (χ2n) is 3.92.